The summed E-state index contributed by atoms with van der Waals surface area (Å²) in [4.78, 5) is 56.6. The second-order valence-corrected chi connectivity index (χ2v) is 10.6. The molecule has 1 spiro atoms. The quantitative estimate of drug-likeness (QED) is 0.519. The number of hydrogen-bond acceptors (Lipinski definition) is 6. The van der Waals surface area contributed by atoms with Gasteiger partial charge in [-0.15, -0.1) is 0 Å². The molecule has 1 unspecified atom stereocenters. The molecule has 2 saturated heterocycles. The number of ketones is 1. The van der Waals surface area contributed by atoms with Crippen LogP contribution in [0.15, 0.2) is 24.3 Å². The number of amides is 3. The predicted molar refractivity (Wildman–Crippen MR) is 135 cm³/mol. The molecule has 3 atom stereocenters. The second-order valence-electron chi connectivity index (χ2n) is 10.6. The zero-order chi connectivity index (χ0) is 26.2. The maximum Gasteiger partial charge on any atom is 0.271 e. The van der Waals surface area contributed by atoms with Crippen molar-refractivity contribution in [3.05, 3.63) is 30.0 Å². The lowest BCUT2D eigenvalue weighted by atomic mass is 9.78. The number of benzene rings is 1. The SMILES string of the molecule is COc1cccc2[nH]c(C(=O)N3CC4(CCOCC4)CC3C(=O)N[C@@H](C[C@@H]3CCCC3=O)C(N)=O)cc12. The van der Waals surface area contributed by atoms with Gasteiger partial charge in [0.25, 0.3) is 5.91 Å². The van der Waals surface area contributed by atoms with Gasteiger partial charge in [0.15, 0.2) is 0 Å². The van der Waals surface area contributed by atoms with E-state index in [1.165, 1.54) is 0 Å². The summed E-state index contributed by atoms with van der Waals surface area (Å²) in [6.45, 7) is 1.57. The third-order valence-corrected chi connectivity index (χ3v) is 8.31. The lowest BCUT2D eigenvalue weighted by Crippen LogP contribution is -2.53. The molecule has 3 heterocycles. The van der Waals surface area contributed by atoms with E-state index in [1.807, 2.05) is 18.2 Å². The highest BCUT2D eigenvalue weighted by atomic mass is 16.5. The Balaban J connectivity index is 1.40. The monoisotopic (exact) mass is 510 g/mol. The molecule has 37 heavy (non-hydrogen) atoms. The van der Waals surface area contributed by atoms with Crippen molar-refractivity contribution in [2.45, 2.75) is 57.0 Å². The van der Waals surface area contributed by atoms with Gasteiger partial charge < -0.3 is 30.4 Å². The molecular weight excluding hydrogens is 476 g/mol. The van der Waals surface area contributed by atoms with Crippen LogP contribution in [-0.2, 0) is 19.1 Å². The molecule has 0 bridgehead atoms. The maximum absolute atomic E-state index is 13.8. The summed E-state index contributed by atoms with van der Waals surface area (Å²) in [5.74, 6) is -0.901. The number of methoxy groups -OCH3 is 1. The second kappa shape index (κ2) is 10.2. The minimum atomic E-state index is -0.958. The number of carbonyl (C=O) groups is 4. The topological polar surface area (TPSA) is 144 Å². The highest BCUT2D eigenvalue weighted by Gasteiger charge is 2.50. The zero-order valence-electron chi connectivity index (χ0n) is 21.1. The number of nitrogens with two attached hydrogens (primary N) is 1. The van der Waals surface area contributed by atoms with Crippen molar-refractivity contribution < 1.29 is 28.7 Å². The van der Waals surface area contributed by atoms with E-state index in [1.54, 1.807) is 18.1 Å². The van der Waals surface area contributed by atoms with E-state index in [4.69, 9.17) is 15.2 Å². The van der Waals surface area contributed by atoms with Crippen molar-refractivity contribution in [3.63, 3.8) is 0 Å². The average Bonchev–Trinajstić information content (AvgIpc) is 3.60. The standard InChI is InChI=1S/C27H34N4O6/c1-36-23-7-3-5-18-17(23)13-20(29-18)26(35)31-15-27(8-10-37-11-9-27)14-21(31)25(34)30-19(24(28)33)12-16-4-2-6-22(16)32/h3,5,7,13,16,19,21,29H,2,4,6,8-12,14-15H2,1H3,(H2,28,33)(H,30,34)/t16-,19-,21?/m0/s1. The number of nitrogens with zero attached hydrogens (tertiary/aromatic N) is 1. The Bertz CT molecular complexity index is 1220. The largest absolute Gasteiger partial charge is 0.496 e. The molecule has 10 nitrogen and oxygen atoms in total. The van der Waals surface area contributed by atoms with Gasteiger partial charge in [-0.2, -0.15) is 0 Å². The highest BCUT2D eigenvalue weighted by Crippen LogP contribution is 2.43. The van der Waals surface area contributed by atoms with E-state index >= 15 is 0 Å². The normalized spacial score (nSPS) is 23.9. The van der Waals surface area contributed by atoms with Crippen LogP contribution >= 0.6 is 0 Å². The van der Waals surface area contributed by atoms with Gasteiger partial charge in [0.2, 0.25) is 11.8 Å². The Hall–Kier alpha value is -3.40. The fourth-order valence-electron chi connectivity index (χ4n) is 6.18. The molecule has 1 aliphatic carbocycles. The first-order chi connectivity index (χ1) is 17.8. The van der Waals surface area contributed by atoms with Crippen molar-refractivity contribution in [1.82, 2.24) is 15.2 Å². The Labute approximate surface area is 215 Å². The molecule has 2 aliphatic heterocycles. The molecule has 1 aromatic heterocycles. The van der Waals surface area contributed by atoms with Gasteiger partial charge in [0.05, 0.1) is 7.11 Å². The first kappa shape index (κ1) is 25.3. The van der Waals surface area contributed by atoms with Crippen LogP contribution in [0.3, 0.4) is 0 Å². The zero-order valence-corrected chi connectivity index (χ0v) is 21.1. The molecule has 5 rings (SSSR count). The number of nitrogens with one attached hydrogen (secondary N) is 2. The van der Waals surface area contributed by atoms with Crippen LogP contribution in [0.5, 0.6) is 5.75 Å². The van der Waals surface area contributed by atoms with Crippen LogP contribution in [0.2, 0.25) is 0 Å². The third kappa shape index (κ3) is 4.94. The summed E-state index contributed by atoms with van der Waals surface area (Å²) in [6, 6.07) is 5.56. The van der Waals surface area contributed by atoms with Gasteiger partial charge in [0.1, 0.15) is 29.3 Å². The summed E-state index contributed by atoms with van der Waals surface area (Å²) in [5.41, 5.74) is 6.52. The highest BCUT2D eigenvalue weighted by molar-refractivity contribution is 6.02. The number of carbonyl (C=O) groups excluding carboxylic acids is 4. The number of likely N-dealkylation sites (tertiary alicyclic amines) is 1. The van der Waals surface area contributed by atoms with Crippen molar-refractivity contribution in [1.29, 1.82) is 0 Å². The van der Waals surface area contributed by atoms with Crippen molar-refractivity contribution in [2.75, 3.05) is 26.9 Å². The summed E-state index contributed by atoms with van der Waals surface area (Å²) < 4.78 is 11.0. The van der Waals surface area contributed by atoms with Gasteiger partial charge in [-0.1, -0.05) is 6.07 Å². The molecule has 2 aromatic rings. The minimum absolute atomic E-state index is 0.105. The molecule has 3 amide bonds. The fraction of sp³-hybridized carbons (Fsp3) is 0.556. The number of aromatic amines is 1. The van der Waals surface area contributed by atoms with Gasteiger partial charge in [-0.3, -0.25) is 19.2 Å². The Morgan fingerprint density at radius 1 is 1.30 bits per heavy atom. The van der Waals surface area contributed by atoms with Crippen LogP contribution in [0, 0.1) is 11.3 Å². The van der Waals surface area contributed by atoms with E-state index < -0.39 is 23.9 Å². The Morgan fingerprint density at radius 2 is 2.08 bits per heavy atom. The number of ether oxygens (including phenoxy) is 2. The van der Waals surface area contributed by atoms with Crippen LogP contribution in [0.4, 0.5) is 0 Å². The van der Waals surface area contributed by atoms with Crippen molar-refractivity contribution in [2.24, 2.45) is 17.1 Å². The van der Waals surface area contributed by atoms with Gasteiger partial charge in [-0.05, 0) is 62.1 Å². The van der Waals surface area contributed by atoms with Gasteiger partial charge in [-0.25, -0.2) is 0 Å². The van der Waals surface area contributed by atoms with Crippen LogP contribution in [0.1, 0.15) is 55.4 Å². The summed E-state index contributed by atoms with van der Waals surface area (Å²) in [7, 11) is 1.58. The van der Waals surface area contributed by atoms with Crippen LogP contribution < -0.4 is 15.8 Å². The summed E-state index contributed by atoms with van der Waals surface area (Å²) >= 11 is 0. The molecule has 1 aromatic carbocycles. The number of primary amides is 1. The molecule has 1 saturated carbocycles. The number of fused-ring (bicyclic) bond motifs is 1. The number of H-pyrrole nitrogens is 1. The fourth-order valence-corrected chi connectivity index (χ4v) is 6.18. The molecule has 0 radical (unpaired) electrons. The maximum atomic E-state index is 13.8. The first-order valence-corrected chi connectivity index (χ1v) is 13.0. The smallest absolute Gasteiger partial charge is 0.271 e. The van der Waals surface area contributed by atoms with E-state index in [0.29, 0.717) is 50.5 Å². The van der Waals surface area contributed by atoms with Crippen LogP contribution in [-0.4, -0.2) is 72.3 Å². The van der Waals surface area contributed by atoms with Gasteiger partial charge >= 0.3 is 0 Å². The summed E-state index contributed by atoms with van der Waals surface area (Å²) in [5, 5.41) is 3.57. The minimum Gasteiger partial charge on any atom is -0.496 e. The van der Waals surface area contributed by atoms with E-state index in [2.05, 4.69) is 10.3 Å². The molecule has 10 heteroatoms. The third-order valence-electron chi connectivity index (χ3n) is 8.31. The molecule has 3 fully saturated rings. The lowest BCUT2D eigenvalue weighted by Gasteiger charge is -2.32. The average molecular weight is 511 g/mol. The summed E-state index contributed by atoms with van der Waals surface area (Å²) in [6.07, 6.45) is 4.14. The number of hydrogen-bond donors (Lipinski definition) is 3. The van der Waals surface area contributed by atoms with Crippen molar-refractivity contribution >= 4 is 34.4 Å². The molecular formula is C27H34N4O6. The Kier molecular flexibility index (Phi) is 6.94. The van der Waals surface area contributed by atoms with Gasteiger partial charge in [0, 0.05) is 43.0 Å². The van der Waals surface area contributed by atoms with E-state index in [9.17, 15) is 19.2 Å². The molecule has 198 valence electrons. The number of aromatic nitrogens is 1. The number of rotatable bonds is 7. The van der Waals surface area contributed by atoms with Crippen LogP contribution in [0.25, 0.3) is 10.9 Å². The Morgan fingerprint density at radius 3 is 2.76 bits per heavy atom. The first-order valence-electron chi connectivity index (χ1n) is 13.0. The lowest BCUT2D eigenvalue weighted by molar-refractivity contribution is -0.131. The van der Waals surface area contributed by atoms with E-state index in [-0.39, 0.29) is 29.4 Å². The van der Waals surface area contributed by atoms with E-state index in [0.717, 1.165) is 30.2 Å². The van der Waals surface area contributed by atoms with Crippen molar-refractivity contribution in [3.8, 4) is 5.75 Å². The number of Topliss-reactive ketones (excluding diaryl/α,β-unsaturated/α-hetero) is 1. The molecule has 3 aliphatic rings. The predicted octanol–water partition coefficient (Wildman–Crippen LogP) is 1.92. The molecule has 4 N–H and O–H groups in total.